The zero-order chi connectivity index (χ0) is 27.7. The normalized spacial score (nSPS) is 12.5. The van der Waals surface area contributed by atoms with Gasteiger partial charge in [0.15, 0.2) is 0 Å². The minimum atomic E-state index is -1.26. The number of unbranched alkanes of at least 4 members (excludes halogenated alkanes) is 14. The summed E-state index contributed by atoms with van der Waals surface area (Å²) in [6.07, 6.45) is 18.7. The van der Waals surface area contributed by atoms with Gasteiger partial charge in [-0.25, -0.2) is 9.59 Å². The predicted molar refractivity (Wildman–Crippen MR) is 143 cm³/mol. The Morgan fingerprint density at radius 2 is 0.973 bits per heavy atom. The first-order valence-corrected chi connectivity index (χ1v) is 14.3. The van der Waals surface area contributed by atoms with Gasteiger partial charge in [-0.1, -0.05) is 96.8 Å². The molecule has 0 aliphatic carbocycles. The Balaban J connectivity index is 3.88. The van der Waals surface area contributed by atoms with Gasteiger partial charge in [0.25, 0.3) is 0 Å². The number of aliphatic carboxylic acids is 2. The second-order valence-corrected chi connectivity index (χ2v) is 9.90. The highest BCUT2D eigenvalue weighted by Gasteiger charge is 2.23. The van der Waals surface area contributed by atoms with Crippen LogP contribution in [0.3, 0.4) is 0 Å². The third-order valence-electron chi connectivity index (χ3n) is 6.51. The molecule has 4 N–H and O–H groups in total. The first-order valence-electron chi connectivity index (χ1n) is 14.3. The van der Waals surface area contributed by atoms with Gasteiger partial charge in [-0.15, -0.1) is 0 Å². The van der Waals surface area contributed by atoms with Crippen molar-refractivity contribution in [2.45, 2.75) is 147 Å². The fraction of sp³-hybridized carbons (Fsp3) is 0.821. The smallest absolute Gasteiger partial charge is 0.326 e. The maximum absolute atomic E-state index is 12.1. The number of carboxylic acids is 2. The largest absolute Gasteiger partial charge is 0.480 e. The molecule has 0 aliphatic heterocycles. The number of carboxylic acid groups (broad SMARTS) is 2. The summed E-state index contributed by atoms with van der Waals surface area (Å²) in [5, 5.41) is 23.2. The lowest BCUT2D eigenvalue weighted by Crippen LogP contribution is -2.43. The number of rotatable bonds is 26. The van der Waals surface area contributed by atoms with Gasteiger partial charge in [0.2, 0.25) is 11.8 Å². The summed E-state index contributed by atoms with van der Waals surface area (Å²) in [6.45, 7) is 2.24. The van der Waals surface area contributed by atoms with Crippen LogP contribution in [0, 0.1) is 0 Å². The lowest BCUT2D eigenvalue weighted by Gasteiger charge is -2.16. The van der Waals surface area contributed by atoms with Crippen molar-refractivity contribution >= 4 is 30.0 Å². The van der Waals surface area contributed by atoms with Crippen molar-refractivity contribution in [3.63, 3.8) is 0 Å². The van der Waals surface area contributed by atoms with E-state index in [1.54, 1.807) is 0 Å². The zero-order valence-electron chi connectivity index (χ0n) is 22.8. The standard InChI is InChI=1S/C28H50N2O7/c1-2-3-4-5-6-7-8-9-10-11-12-13-14-15-16-19-25(32)30-24(28(36)37)20-21-26(33)29-23(27(34)35)18-17-22-31/h22-24H,2-21H2,1H3,(H,29,33)(H,30,32)(H,34,35)(H,36,37)/t23-,24-/m0/s1. The summed E-state index contributed by atoms with van der Waals surface area (Å²) >= 11 is 0. The molecule has 0 aliphatic rings. The molecule has 9 nitrogen and oxygen atoms in total. The van der Waals surface area contributed by atoms with Crippen LogP contribution in [0.2, 0.25) is 0 Å². The molecule has 0 spiro atoms. The monoisotopic (exact) mass is 526 g/mol. The van der Waals surface area contributed by atoms with Crippen LogP contribution >= 0.6 is 0 Å². The van der Waals surface area contributed by atoms with E-state index in [-0.39, 0.29) is 38.0 Å². The van der Waals surface area contributed by atoms with Gasteiger partial charge in [-0.2, -0.15) is 0 Å². The Morgan fingerprint density at radius 3 is 1.38 bits per heavy atom. The third kappa shape index (κ3) is 21.4. The highest BCUT2D eigenvalue weighted by molar-refractivity contribution is 5.86. The minimum absolute atomic E-state index is 0.00956. The number of carbonyl (C=O) groups excluding carboxylic acids is 3. The molecule has 0 aromatic rings. The number of nitrogens with one attached hydrogen (secondary N) is 2. The van der Waals surface area contributed by atoms with Gasteiger partial charge >= 0.3 is 11.9 Å². The van der Waals surface area contributed by atoms with Crippen LogP contribution in [0.5, 0.6) is 0 Å². The number of hydrogen-bond donors (Lipinski definition) is 4. The van der Waals surface area contributed by atoms with Crippen molar-refractivity contribution in [3.8, 4) is 0 Å². The van der Waals surface area contributed by atoms with Gasteiger partial charge < -0.3 is 25.6 Å². The highest BCUT2D eigenvalue weighted by Crippen LogP contribution is 2.14. The van der Waals surface area contributed by atoms with E-state index in [0.717, 1.165) is 19.3 Å². The topological polar surface area (TPSA) is 150 Å². The predicted octanol–water partition coefficient (Wildman–Crippen LogP) is 5.15. The molecule has 0 bridgehead atoms. The summed E-state index contributed by atoms with van der Waals surface area (Å²) in [5.41, 5.74) is 0. The molecule has 2 atom stereocenters. The fourth-order valence-electron chi connectivity index (χ4n) is 4.21. The van der Waals surface area contributed by atoms with E-state index in [0.29, 0.717) is 12.7 Å². The number of aldehydes is 1. The average molecular weight is 527 g/mol. The zero-order valence-corrected chi connectivity index (χ0v) is 22.8. The second kappa shape index (κ2) is 23.9. The first-order chi connectivity index (χ1) is 17.8. The molecule has 0 aromatic carbocycles. The molecule has 0 aromatic heterocycles. The van der Waals surface area contributed by atoms with Gasteiger partial charge in [0, 0.05) is 19.3 Å². The van der Waals surface area contributed by atoms with Crippen LogP contribution in [-0.4, -0.2) is 52.3 Å². The summed E-state index contributed by atoms with van der Waals surface area (Å²) < 4.78 is 0. The molecule has 0 saturated carbocycles. The Kier molecular flexibility index (Phi) is 22.3. The maximum Gasteiger partial charge on any atom is 0.326 e. The molecule has 2 amide bonds. The van der Waals surface area contributed by atoms with Crippen LogP contribution < -0.4 is 10.6 Å². The number of amides is 2. The number of carbonyl (C=O) groups is 5. The van der Waals surface area contributed by atoms with E-state index in [1.807, 2.05) is 0 Å². The Morgan fingerprint density at radius 1 is 0.595 bits per heavy atom. The van der Waals surface area contributed by atoms with E-state index in [9.17, 15) is 29.1 Å². The molecular weight excluding hydrogens is 476 g/mol. The van der Waals surface area contributed by atoms with Crippen molar-refractivity contribution < 1.29 is 34.2 Å². The first kappa shape index (κ1) is 34.6. The quantitative estimate of drug-likeness (QED) is 0.0899. The Bertz CT molecular complexity index is 654. The van der Waals surface area contributed by atoms with Crippen molar-refractivity contribution in [1.29, 1.82) is 0 Å². The van der Waals surface area contributed by atoms with Crippen LogP contribution in [0.4, 0.5) is 0 Å². The second-order valence-electron chi connectivity index (χ2n) is 9.90. The fourth-order valence-corrected chi connectivity index (χ4v) is 4.21. The molecule has 0 heterocycles. The van der Waals surface area contributed by atoms with Crippen molar-refractivity contribution in [1.82, 2.24) is 10.6 Å². The lowest BCUT2D eigenvalue weighted by molar-refractivity contribution is -0.143. The van der Waals surface area contributed by atoms with Crippen molar-refractivity contribution in [3.05, 3.63) is 0 Å². The molecular formula is C28H50N2O7. The SMILES string of the molecule is CCCCCCCCCCCCCCCCCC(=O)N[C@@H](CCC(=O)N[C@@H](CCC=O)C(=O)O)C(=O)O. The summed E-state index contributed by atoms with van der Waals surface area (Å²) in [4.78, 5) is 57.1. The van der Waals surface area contributed by atoms with Gasteiger partial charge in [0.1, 0.15) is 18.4 Å². The Hall–Kier alpha value is -2.45. The molecule has 0 fully saturated rings. The molecule has 9 heteroatoms. The molecule has 0 unspecified atom stereocenters. The van der Waals surface area contributed by atoms with Crippen LogP contribution in [0.15, 0.2) is 0 Å². The van der Waals surface area contributed by atoms with Crippen LogP contribution in [-0.2, 0) is 24.0 Å². The van der Waals surface area contributed by atoms with E-state index < -0.39 is 29.9 Å². The van der Waals surface area contributed by atoms with Crippen molar-refractivity contribution in [2.24, 2.45) is 0 Å². The summed E-state index contributed by atoms with van der Waals surface area (Å²) in [6, 6.07) is -2.42. The summed E-state index contributed by atoms with van der Waals surface area (Å²) in [7, 11) is 0. The summed E-state index contributed by atoms with van der Waals surface area (Å²) in [5.74, 6) is -3.51. The highest BCUT2D eigenvalue weighted by atomic mass is 16.4. The van der Waals surface area contributed by atoms with Gasteiger partial charge in [0.05, 0.1) is 0 Å². The van der Waals surface area contributed by atoms with Crippen molar-refractivity contribution in [2.75, 3.05) is 0 Å². The van der Waals surface area contributed by atoms with Gasteiger partial charge in [-0.3, -0.25) is 9.59 Å². The molecule has 0 saturated heterocycles. The van der Waals surface area contributed by atoms with Crippen LogP contribution in [0.1, 0.15) is 135 Å². The number of hydrogen-bond acceptors (Lipinski definition) is 5. The van der Waals surface area contributed by atoms with E-state index >= 15 is 0 Å². The third-order valence-corrected chi connectivity index (χ3v) is 6.51. The average Bonchev–Trinajstić information content (AvgIpc) is 2.86. The minimum Gasteiger partial charge on any atom is -0.480 e. The molecule has 0 rings (SSSR count). The van der Waals surface area contributed by atoms with Crippen LogP contribution in [0.25, 0.3) is 0 Å². The van der Waals surface area contributed by atoms with E-state index in [1.165, 1.54) is 70.6 Å². The van der Waals surface area contributed by atoms with E-state index in [4.69, 9.17) is 5.11 Å². The lowest BCUT2D eigenvalue weighted by atomic mass is 10.0. The molecule has 214 valence electrons. The Labute approximate surface area is 222 Å². The molecule has 37 heavy (non-hydrogen) atoms. The molecule has 0 radical (unpaired) electrons. The maximum atomic E-state index is 12.1. The van der Waals surface area contributed by atoms with E-state index in [2.05, 4.69) is 17.6 Å². The van der Waals surface area contributed by atoms with Gasteiger partial charge in [-0.05, 0) is 19.3 Å².